The molecule has 1 aliphatic rings. The summed E-state index contributed by atoms with van der Waals surface area (Å²) < 4.78 is 52.5. The standard InChI is InChI=1S/C19H19F4N3/c20-17-9-15(6-7-16(17)19(21,22)23)26(11-13-4-2-1-3-5-13)12-14-8-18(24)25-10-14/h1-9,14,25H,10-12,24H2/t14-/m1/s1. The third-order valence-corrected chi connectivity index (χ3v) is 4.28. The molecule has 2 aromatic rings. The van der Waals surface area contributed by atoms with E-state index in [9.17, 15) is 17.6 Å². The highest BCUT2D eigenvalue weighted by atomic mass is 19.4. The molecule has 3 nitrogen and oxygen atoms in total. The lowest BCUT2D eigenvalue weighted by Crippen LogP contribution is -2.30. The Morgan fingerprint density at radius 3 is 2.42 bits per heavy atom. The molecular formula is C19H19F4N3. The van der Waals surface area contributed by atoms with E-state index in [0.29, 0.717) is 31.1 Å². The van der Waals surface area contributed by atoms with E-state index in [2.05, 4.69) is 5.32 Å². The average Bonchev–Trinajstić information content (AvgIpc) is 2.99. The van der Waals surface area contributed by atoms with Crippen molar-refractivity contribution >= 4 is 5.69 Å². The summed E-state index contributed by atoms with van der Waals surface area (Å²) >= 11 is 0. The van der Waals surface area contributed by atoms with Crippen molar-refractivity contribution in [1.29, 1.82) is 0 Å². The monoisotopic (exact) mass is 365 g/mol. The Labute approximate surface area is 149 Å². The number of alkyl halides is 3. The van der Waals surface area contributed by atoms with Crippen LogP contribution in [0.3, 0.4) is 0 Å². The van der Waals surface area contributed by atoms with Crippen molar-refractivity contribution in [3.63, 3.8) is 0 Å². The zero-order chi connectivity index (χ0) is 18.7. The maximum absolute atomic E-state index is 14.0. The molecule has 0 saturated heterocycles. The van der Waals surface area contributed by atoms with Gasteiger partial charge < -0.3 is 16.0 Å². The molecule has 26 heavy (non-hydrogen) atoms. The summed E-state index contributed by atoms with van der Waals surface area (Å²) in [6.07, 6.45) is -2.84. The van der Waals surface area contributed by atoms with Crippen molar-refractivity contribution in [2.45, 2.75) is 12.7 Å². The van der Waals surface area contributed by atoms with E-state index in [1.165, 1.54) is 6.07 Å². The minimum Gasteiger partial charge on any atom is -0.386 e. The number of nitrogens with two attached hydrogens (primary N) is 1. The number of benzene rings is 2. The van der Waals surface area contributed by atoms with Crippen molar-refractivity contribution in [1.82, 2.24) is 5.32 Å². The van der Waals surface area contributed by atoms with Gasteiger partial charge in [0.25, 0.3) is 0 Å². The van der Waals surface area contributed by atoms with Gasteiger partial charge in [0.05, 0.1) is 11.4 Å². The fraction of sp³-hybridized carbons (Fsp3) is 0.263. The third-order valence-electron chi connectivity index (χ3n) is 4.28. The molecule has 2 aromatic carbocycles. The van der Waals surface area contributed by atoms with Gasteiger partial charge in [-0.15, -0.1) is 0 Å². The number of nitrogens with one attached hydrogen (secondary N) is 1. The van der Waals surface area contributed by atoms with Crippen molar-refractivity contribution in [2.24, 2.45) is 11.7 Å². The largest absolute Gasteiger partial charge is 0.419 e. The summed E-state index contributed by atoms with van der Waals surface area (Å²) in [6.45, 7) is 1.60. The van der Waals surface area contributed by atoms with Crippen molar-refractivity contribution in [3.8, 4) is 0 Å². The molecule has 0 aliphatic carbocycles. The second-order valence-electron chi connectivity index (χ2n) is 6.29. The summed E-state index contributed by atoms with van der Waals surface area (Å²) in [7, 11) is 0. The van der Waals surface area contributed by atoms with Crippen LogP contribution in [0.25, 0.3) is 0 Å². The molecule has 1 atom stereocenters. The Balaban J connectivity index is 1.88. The average molecular weight is 365 g/mol. The first-order valence-corrected chi connectivity index (χ1v) is 8.19. The topological polar surface area (TPSA) is 41.3 Å². The van der Waals surface area contributed by atoms with E-state index in [-0.39, 0.29) is 5.92 Å². The molecular weight excluding hydrogens is 346 g/mol. The minimum absolute atomic E-state index is 0.0871. The first kappa shape index (κ1) is 18.1. The van der Waals surface area contributed by atoms with Crippen molar-refractivity contribution in [3.05, 3.63) is 77.4 Å². The lowest BCUT2D eigenvalue weighted by atomic mass is 10.1. The van der Waals surface area contributed by atoms with Gasteiger partial charge in [-0.25, -0.2) is 4.39 Å². The van der Waals surface area contributed by atoms with Crippen LogP contribution in [0.4, 0.5) is 23.2 Å². The summed E-state index contributed by atoms with van der Waals surface area (Å²) in [5.41, 5.74) is 5.86. The smallest absolute Gasteiger partial charge is 0.386 e. The molecule has 0 spiro atoms. The molecule has 3 N–H and O–H groups in total. The van der Waals surface area contributed by atoms with Gasteiger partial charge in [0.15, 0.2) is 0 Å². The molecule has 1 aliphatic heterocycles. The van der Waals surface area contributed by atoms with Crippen molar-refractivity contribution < 1.29 is 17.6 Å². The van der Waals surface area contributed by atoms with Crippen LogP contribution in [0.1, 0.15) is 11.1 Å². The summed E-state index contributed by atoms with van der Waals surface area (Å²) in [5.74, 6) is -0.606. The van der Waals surface area contributed by atoms with Gasteiger partial charge in [0.2, 0.25) is 0 Å². The zero-order valence-corrected chi connectivity index (χ0v) is 13.9. The van der Waals surface area contributed by atoms with Crippen LogP contribution in [0.15, 0.2) is 60.4 Å². The van der Waals surface area contributed by atoms with Crippen LogP contribution in [0, 0.1) is 11.7 Å². The van der Waals surface area contributed by atoms with Crippen LogP contribution < -0.4 is 16.0 Å². The summed E-state index contributed by atoms with van der Waals surface area (Å²) in [5, 5.41) is 3.02. The fourth-order valence-electron chi connectivity index (χ4n) is 3.02. The van der Waals surface area contributed by atoms with Gasteiger partial charge in [-0.05, 0) is 29.8 Å². The highest BCUT2D eigenvalue weighted by molar-refractivity contribution is 5.49. The normalized spacial score (nSPS) is 16.9. The molecule has 0 bridgehead atoms. The Morgan fingerprint density at radius 1 is 1.12 bits per heavy atom. The highest BCUT2D eigenvalue weighted by Crippen LogP contribution is 2.33. The van der Waals surface area contributed by atoms with Crippen LogP contribution in [-0.4, -0.2) is 13.1 Å². The van der Waals surface area contributed by atoms with Gasteiger partial charge >= 0.3 is 6.18 Å². The molecule has 0 saturated carbocycles. The third kappa shape index (κ3) is 4.28. The first-order chi connectivity index (χ1) is 12.3. The molecule has 0 amide bonds. The van der Waals surface area contributed by atoms with E-state index >= 15 is 0 Å². The van der Waals surface area contributed by atoms with E-state index in [0.717, 1.165) is 17.7 Å². The van der Waals surface area contributed by atoms with E-state index in [4.69, 9.17) is 5.73 Å². The number of hydrogen-bond donors (Lipinski definition) is 2. The lowest BCUT2D eigenvalue weighted by molar-refractivity contribution is -0.139. The van der Waals surface area contributed by atoms with Crippen LogP contribution in [0.5, 0.6) is 0 Å². The minimum atomic E-state index is -4.71. The van der Waals surface area contributed by atoms with Gasteiger partial charge in [-0.1, -0.05) is 30.3 Å². The molecule has 0 fully saturated rings. The Hall–Kier alpha value is -2.70. The fourth-order valence-corrected chi connectivity index (χ4v) is 3.02. The lowest BCUT2D eigenvalue weighted by Gasteiger charge is -2.28. The Morgan fingerprint density at radius 2 is 1.85 bits per heavy atom. The van der Waals surface area contributed by atoms with E-state index < -0.39 is 17.6 Å². The number of rotatable bonds is 5. The van der Waals surface area contributed by atoms with Gasteiger partial charge in [0, 0.05) is 31.2 Å². The summed E-state index contributed by atoms with van der Waals surface area (Å²) in [6, 6.07) is 12.5. The second-order valence-corrected chi connectivity index (χ2v) is 6.29. The predicted molar refractivity (Wildman–Crippen MR) is 92.7 cm³/mol. The van der Waals surface area contributed by atoms with Gasteiger partial charge in [-0.2, -0.15) is 13.2 Å². The summed E-state index contributed by atoms with van der Waals surface area (Å²) in [4.78, 5) is 1.86. The van der Waals surface area contributed by atoms with Gasteiger partial charge in [-0.3, -0.25) is 0 Å². The molecule has 7 heteroatoms. The molecule has 138 valence electrons. The maximum atomic E-state index is 14.0. The molecule has 0 unspecified atom stereocenters. The van der Waals surface area contributed by atoms with E-state index in [1.54, 1.807) is 0 Å². The predicted octanol–water partition coefficient (Wildman–Crippen LogP) is 3.87. The molecule has 0 radical (unpaired) electrons. The molecule has 3 rings (SSSR count). The second kappa shape index (κ2) is 7.27. The number of hydrogen-bond acceptors (Lipinski definition) is 3. The van der Waals surface area contributed by atoms with Crippen molar-refractivity contribution in [2.75, 3.05) is 18.0 Å². The number of nitrogens with zero attached hydrogens (tertiary/aromatic N) is 1. The highest BCUT2D eigenvalue weighted by Gasteiger charge is 2.34. The van der Waals surface area contributed by atoms with Crippen LogP contribution in [0.2, 0.25) is 0 Å². The molecule has 1 heterocycles. The zero-order valence-electron chi connectivity index (χ0n) is 13.9. The SMILES string of the molecule is NC1=C[C@@H](CN(Cc2ccccc2)c2ccc(C(F)(F)F)c(F)c2)CN1. The maximum Gasteiger partial charge on any atom is 0.419 e. The van der Waals surface area contributed by atoms with Gasteiger partial charge in [0.1, 0.15) is 5.82 Å². The van der Waals surface area contributed by atoms with Crippen LogP contribution >= 0.6 is 0 Å². The Kier molecular flexibility index (Phi) is 5.06. The quantitative estimate of drug-likeness (QED) is 0.791. The van der Waals surface area contributed by atoms with E-state index in [1.807, 2.05) is 41.3 Å². The Bertz CT molecular complexity index is 787. The first-order valence-electron chi connectivity index (χ1n) is 8.19. The number of halogens is 4. The van der Waals surface area contributed by atoms with Crippen LogP contribution in [-0.2, 0) is 12.7 Å². The molecule has 0 aromatic heterocycles. The number of anilines is 1.